The third-order valence-electron chi connectivity index (χ3n) is 1.49. The second-order valence-corrected chi connectivity index (χ2v) is 2.26. The number of aliphatic hydroxyl groups is 3. The molecule has 1 heterocycles. The molecule has 0 amide bonds. The lowest BCUT2D eigenvalue weighted by molar-refractivity contribution is -0.0848. The van der Waals surface area contributed by atoms with Crippen LogP contribution in [-0.4, -0.2) is 34.0 Å². The second kappa shape index (κ2) is 2.22. The van der Waals surface area contributed by atoms with E-state index in [2.05, 4.69) is 4.74 Å². The Hall–Kier alpha value is -0.160. The molecule has 54 valence electrons. The first kappa shape index (κ1) is 6.95. The summed E-state index contributed by atoms with van der Waals surface area (Å²) in [6.07, 6.45) is -2.57. The van der Waals surface area contributed by atoms with Gasteiger partial charge in [0.15, 0.2) is 12.6 Å². The third kappa shape index (κ3) is 1.40. The van der Waals surface area contributed by atoms with Crippen molar-refractivity contribution in [3.05, 3.63) is 0 Å². The van der Waals surface area contributed by atoms with Crippen molar-refractivity contribution in [2.24, 2.45) is 5.92 Å². The van der Waals surface area contributed by atoms with E-state index >= 15 is 0 Å². The molecule has 3 atom stereocenters. The first-order chi connectivity index (χ1) is 4.13. The fraction of sp³-hybridized carbons (Fsp3) is 1.00. The summed E-state index contributed by atoms with van der Waals surface area (Å²) in [4.78, 5) is 0. The van der Waals surface area contributed by atoms with Crippen molar-refractivity contribution < 1.29 is 20.1 Å². The molecule has 1 fully saturated rings. The summed E-state index contributed by atoms with van der Waals surface area (Å²) in [7, 11) is 0. The molecule has 0 radical (unpaired) electrons. The highest BCUT2D eigenvalue weighted by Crippen LogP contribution is 2.28. The Bertz CT molecular complexity index is 103. The molecule has 4 nitrogen and oxygen atoms in total. The summed E-state index contributed by atoms with van der Waals surface area (Å²) in [5.74, 6) is -0.403. The van der Waals surface area contributed by atoms with Crippen LogP contribution in [0.3, 0.4) is 0 Å². The average molecular weight is 134 g/mol. The largest absolute Gasteiger partial charge is 0.368 e. The van der Waals surface area contributed by atoms with E-state index in [1.54, 1.807) is 6.92 Å². The lowest BCUT2D eigenvalue weighted by Gasteiger charge is -2.08. The maximum absolute atomic E-state index is 8.60. The van der Waals surface area contributed by atoms with E-state index in [1.807, 2.05) is 0 Å². The Labute approximate surface area is 52.7 Å². The van der Waals surface area contributed by atoms with Crippen LogP contribution >= 0.6 is 0 Å². The number of epoxide rings is 1. The predicted octanol–water partition coefficient (Wildman–Crippen LogP) is -1.35. The van der Waals surface area contributed by atoms with Gasteiger partial charge in [-0.2, -0.15) is 0 Å². The van der Waals surface area contributed by atoms with Gasteiger partial charge in [-0.25, -0.2) is 0 Å². The van der Waals surface area contributed by atoms with E-state index in [0.29, 0.717) is 0 Å². The maximum Gasteiger partial charge on any atom is 0.182 e. The number of hydrogen-bond acceptors (Lipinski definition) is 4. The lowest BCUT2D eigenvalue weighted by Crippen LogP contribution is -2.22. The zero-order valence-corrected chi connectivity index (χ0v) is 5.06. The molecule has 1 rings (SSSR count). The molecule has 0 saturated carbocycles. The van der Waals surface area contributed by atoms with E-state index in [1.165, 1.54) is 0 Å². The van der Waals surface area contributed by atoms with Gasteiger partial charge in [-0.3, -0.25) is 0 Å². The van der Waals surface area contributed by atoms with Crippen LogP contribution in [0.4, 0.5) is 0 Å². The number of aliphatic hydroxyl groups excluding tert-OH is 2. The van der Waals surface area contributed by atoms with Crippen LogP contribution in [0.1, 0.15) is 6.92 Å². The Balaban J connectivity index is 2.27. The normalized spacial score (nSPS) is 37.0. The average Bonchev–Trinajstić information content (AvgIpc) is 2.44. The quantitative estimate of drug-likeness (QED) is 0.322. The van der Waals surface area contributed by atoms with Crippen LogP contribution in [0.5, 0.6) is 0 Å². The molecule has 4 heteroatoms. The summed E-state index contributed by atoms with van der Waals surface area (Å²) in [5, 5.41) is 25.6. The number of ether oxygens (including phenoxy) is 1. The molecular formula is C5H10O4. The van der Waals surface area contributed by atoms with Crippen molar-refractivity contribution >= 4 is 0 Å². The molecule has 0 aliphatic carbocycles. The molecule has 0 aromatic carbocycles. The summed E-state index contributed by atoms with van der Waals surface area (Å²) in [5.41, 5.74) is 0. The van der Waals surface area contributed by atoms with E-state index < -0.39 is 18.5 Å². The number of hydrogen-bond donors (Lipinski definition) is 3. The molecule has 0 aromatic heterocycles. The molecule has 3 N–H and O–H groups in total. The van der Waals surface area contributed by atoms with E-state index in [-0.39, 0.29) is 6.10 Å². The second-order valence-electron chi connectivity index (χ2n) is 2.26. The molecular weight excluding hydrogens is 124 g/mol. The monoisotopic (exact) mass is 134 g/mol. The van der Waals surface area contributed by atoms with Gasteiger partial charge in [0.25, 0.3) is 0 Å². The van der Waals surface area contributed by atoms with Crippen LogP contribution < -0.4 is 0 Å². The molecule has 3 unspecified atom stereocenters. The van der Waals surface area contributed by atoms with Crippen LogP contribution in [0.25, 0.3) is 0 Å². The van der Waals surface area contributed by atoms with Crippen molar-refractivity contribution in [1.82, 2.24) is 0 Å². The first-order valence-corrected chi connectivity index (χ1v) is 2.82. The van der Waals surface area contributed by atoms with Gasteiger partial charge in [0.05, 0.1) is 0 Å². The highest BCUT2D eigenvalue weighted by atomic mass is 16.7. The predicted molar refractivity (Wildman–Crippen MR) is 28.3 cm³/mol. The van der Waals surface area contributed by atoms with Crippen molar-refractivity contribution in [3.8, 4) is 0 Å². The zero-order chi connectivity index (χ0) is 7.02. The summed E-state index contributed by atoms with van der Waals surface area (Å²) in [6.45, 7) is 1.60. The summed E-state index contributed by atoms with van der Waals surface area (Å²) in [6, 6.07) is 0. The van der Waals surface area contributed by atoms with Crippen LogP contribution in [-0.2, 0) is 4.74 Å². The van der Waals surface area contributed by atoms with Gasteiger partial charge in [-0.15, -0.1) is 0 Å². The van der Waals surface area contributed by atoms with Gasteiger partial charge in [-0.1, -0.05) is 6.92 Å². The van der Waals surface area contributed by atoms with Gasteiger partial charge >= 0.3 is 0 Å². The summed E-state index contributed by atoms with van der Waals surface area (Å²) < 4.78 is 4.58. The summed E-state index contributed by atoms with van der Waals surface area (Å²) >= 11 is 0. The van der Waals surface area contributed by atoms with E-state index in [9.17, 15) is 0 Å². The van der Waals surface area contributed by atoms with Gasteiger partial charge in [-0.05, 0) is 0 Å². The Morgan fingerprint density at radius 3 is 2.00 bits per heavy atom. The molecule has 1 saturated heterocycles. The van der Waals surface area contributed by atoms with E-state index in [4.69, 9.17) is 15.3 Å². The minimum absolute atomic E-state index is 0.384. The lowest BCUT2D eigenvalue weighted by atomic mass is 10.1. The molecule has 0 aromatic rings. The third-order valence-corrected chi connectivity index (χ3v) is 1.49. The SMILES string of the molecule is CC(C(O)O)C1OC1O. The highest BCUT2D eigenvalue weighted by molar-refractivity contribution is 4.81. The zero-order valence-electron chi connectivity index (χ0n) is 5.06. The minimum atomic E-state index is -1.40. The molecule has 1 aliphatic heterocycles. The van der Waals surface area contributed by atoms with Crippen molar-refractivity contribution in [2.75, 3.05) is 0 Å². The number of rotatable bonds is 2. The van der Waals surface area contributed by atoms with E-state index in [0.717, 1.165) is 0 Å². The fourth-order valence-electron chi connectivity index (χ4n) is 0.669. The van der Waals surface area contributed by atoms with Crippen LogP contribution in [0.15, 0.2) is 0 Å². The van der Waals surface area contributed by atoms with Gasteiger partial charge < -0.3 is 20.1 Å². The fourth-order valence-corrected chi connectivity index (χ4v) is 0.669. The first-order valence-electron chi connectivity index (χ1n) is 2.82. The van der Waals surface area contributed by atoms with Gasteiger partial charge in [0.1, 0.15) is 6.10 Å². The molecule has 1 aliphatic rings. The standard InChI is InChI=1S/C5H10O4/c1-2(4(6)7)3-5(8)9-3/h2-8H,1H3. The molecule has 0 spiro atoms. The Morgan fingerprint density at radius 2 is 1.89 bits per heavy atom. The maximum atomic E-state index is 8.60. The van der Waals surface area contributed by atoms with Gasteiger partial charge in [0, 0.05) is 5.92 Å². The molecule has 0 bridgehead atoms. The Kier molecular flexibility index (Phi) is 1.72. The van der Waals surface area contributed by atoms with Crippen molar-refractivity contribution in [1.29, 1.82) is 0 Å². The van der Waals surface area contributed by atoms with Crippen LogP contribution in [0.2, 0.25) is 0 Å². The van der Waals surface area contributed by atoms with Crippen LogP contribution in [0, 0.1) is 5.92 Å². The van der Waals surface area contributed by atoms with Crippen molar-refractivity contribution in [3.63, 3.8) is 0 Å². The molecule has 9 heavy (non-hydrogen) atoms. The Morgan fingerprint density at radius 1 is 1.44 bits per heavy atom. The highest BCUT2D eigenvalue weighted by Gasteiger charge is 2.43. The minimum Gasteiger partial charge on any atom is -0.368 e. The van der Waals surface area contributed by atoms with Crippen molar-refractivity contribution in [2.45, 2.75) is 25.6 Å². The van der Waals surface area contributed by atoms with Gasteiger partial charge in [0.2, 0.25) is 0 Å². The topological polar surface area (TPSA) is 73.2 Å². The smallest absolute Gasteiger partial charge is 0.182 e.